The minimum Gasteiger partial charge on any atom is -0.463 e. The lowest BCUT2D eigenvalue weighted by Crippen LogP contribution is -2.23. The second-order valence-electron chi connectivity index (χ2n) is 2.97. The summed E-state index contributed by atoms with van der Waals surface area (Å²) in [5.41, 5.74) is 6.42. The minimum absolute atomic E-state index is 0.0400. The first-order chi connectivity index (χ1) is 5.74. The average molecular weight is 169 g/mol. The number of carbonyl (C=O) groups is 1. The molecule has 0 spiro atoms. The average Bonchev–Trinajstić information content (AvgIpc) is 2.05. The molecule has 0 unspecified atom stereocenters. The maximum absolute atomic E-state index is 11.2. The Hall–Kier alpha value is -0.830. The second kappa shape index (κ2) is 4.26. The molecule has 0 heterocycles. The Morgan fingerprint density at radius 1 is 1.83 bits per heavy atom. The summed E-state index contributed by atoms with van der Waals surface area (Å²) in [7, 11) is 0. The van der Waals surface area contributed by atoms with Gasteiger partial charge in [-0.3, -0.25) is 0 Å². The number of esters is 1. The van der Waals surface area contributed by atoms with E-state index in [4.69, 9.17) is 10.5 Å². The van der Waals surface area contributed by atoms with Gasteiger partial charge in [0.15, 0.2) is 0 Å². The zero-order valence-corrected chi connectivity index (χ0v) is 7.38. The summed E-state index contributed by atoms with van der Waals surface area (Å²) < 4.78 is 4.87. The first-order valence-corrected chi connectivity index (χ1v) is 4.37. The van der Waals surface area contributed by atoms with Gasteiger partial charge < -0.3 is 10.5 Å². The fourth-order valence-corrected chi connectivity index (χ4v) is 1.35. The Morgan fingerprint density at radius 2 is 2.58 bits per heavy atom. The van der Waals surface area contributed by atoms with Crippen LogP contribution in [-0.2, 0) is 9.53 Å². The second-order valence-corrected chi connectivity index (χ2v) is 2.97. The van der Waals surface area contributed by atoms with Crippen LogP contribution < -0.4 is 5.73 Å². The lowest BCUT2D eigenvalue weighted by atomic mass is 9.96. The highest BCUT2D eigenvalue weighted by atomic mass is 16.5. The molecule has 0 aromatic carbocycles. The van der Waals surface area contributed by atoms with Crippen LogP contribution in [0.15, 0.2) is 11.6 Å². The Kier molecular flexibility index (Phi) is 3.29. The summed E-state index contributed by atoms with van der Waals surface area (Å²) in [5, 5.41) is 0. The maximum atomic E-state index is 11.2. The van der Waals surface area contributed by atoms with E-state index >= 15 is 0 Å². The molecule has 0 aromatic rings. The van der Waals surface area contributed by atoms with E-state index in [1.807, 2.05) is 6.08 Å². The van der Waals surface area contributed by atoms with Gasteiger partial charge in [0, 0.05) is 11.6 Å². The molecule has 3 nitrogen and oxygen atoms in total. The van der Waals surface area contributed by atoms with Gasteiger partial charge in [-0.1, -0.05) is 6.08 Å². The summed E-state index contributed by atoms with van der Waals surface area (Å²) in [6.07, 6.45) is 4.60. The third kappa shape index (κ3) is 2.34. The molecule has 2 N–H and O–H groups in total. The number of nitrogens with two attached hydrogens (primary N) is 1. The van der Waals surface area contributed by atoms with Crippen LogP contribution in [0.25, 0.3) is 0 Å². The predicted molar refractivity (Wildman–Crippen MR) is 46.5 cm³/mol. The van der Waals surface area contributed by atoms with E-state index in [-0.39, 0.29) is 12.0 Å². The molecule has 0 radical (unpaired) electrons. The fourth-order valence-electron chi connectivity index (χ4n) is 1.35. The highest BCUT2D eigenvalue weighted by molar-refractivity contribution is 5.88. The van der Waals surface area contributed by atoms with Gasteiger partial charge >= 0.3 is 5.97 Å². The minimum atomic E-state index is -0.201. The summed E-state index contributed by atoms with van der Waals surface area (Å²) in [4.78, 5) is 11.2. The van der Waals surface area contributed by atoms with Crippen molar-refractivity contribution in [2.24, 2.45) is 5.73 Å². The molecule has 68 valence electrons. The highest BCUT2D eigenvalue weighted by Crippen LogP contribution is 2.17. The summed E-state index contributed by atoms with van der Waals surface area (Å²) >= 11 is 0. The van der Waals surface area contributed by atoms with E-state index in [2.05, 4.69) is 0 Å². The third-order valence-electron chi connectivity index (χ3n) is 1.94. The van der Waals surface area contributed by atoms with Crippen LogP contribution in [0.5, 0.6) is 0 Å². The van der Waals surface area contributed by atoms with Crippen LogP contribution in [0.4, 0.5) is 0 Å². The molecule has 12 heavy (non-hydrogen) atoms. The van der Waals surface area contributed by atoms with Gasteiger partial charge in [-0.15, -0.1) is 0 Å². The van der Waals surface area contributed by atoms with Gasteiger partial charge in [-0.05, 0) is 26.2 Å². The van der Waals surface area contributed by atoms with Crippen molar-refractivity contribution in [3.63, 3.8) is 0 Å². The van der Waals surface area contributed by atoms with Crippen LogP contribution in [0.2, 0.25) is 0 Å². The molecule has 1 rings (SSSR count). The highest BCUT2D eigenvalue weighted by Gasteiger charge is 2.16. The molecule has 0 bridgehead atoms. The maximum Gasteiger partial charge on any atom is 0.333 e. The molecule has 0 aromatic heterocycles. The van der Waals surface area contributed by atoms with Crippen molar-refractivity contribution in [3.05, 3.63) is 11.6 Å². The van der Waals surface area contributed by atoms with Crippen molar-refractivity contribution in [1.29, 1.82) is 0 Å². The Labute approximate surface area is 72.6 Å². The molecular formula is C9H15NO2. The topological polar surface area (TPSA) is 52.3 Å². The van der Waals surface area contributed by atoms with Gasteiger partial charge in [0.05, 0.1) is 6.61 Å². The number of hydrogen-bond acceptors (Lipinski definition) is 3. The van der Waals surface area contributed by atoms with Crippen molar-refractivity contribution >= 4 is 5.97 Å². The van der Waals surface area contributed by atoms with Crippen molar-refractivity contribution in [1.82, 2.24) is 0 Å². The SMILES string of the molecule is CCOC(=O)C1=C[C@@H](N)CCC1. The molecule has 0 saturated heterocycles. The molecule has 0 aliphatic heterocycles. The van der Waals surface area contributed by atoms with E-state index in [0.29, 0.717) is 6.61 Å². The lowest BCUT2D eigenvalue weighted by Gasteiger charge is -2.16. The van der Waals surface area contributed by atoms with E-state index in [1.54, 1.807) is 6.92 Å². The third-order valence-corrected chi connectivity index (χ3v) is 1.94. The van der Waals surface area contributed by atoms with E-state index in [0.717, 1.165) is 24.8 Å². The first-order valence-electron chi connectivity index (χ1n) is 4.37. The summed E-state index contributed by atoms with van der Waals surface area (Å²) in [6.45, 7) is 2.24. The van der Waals surface area contributed by atoms with Gasteiger partial charge in [0.1, 0.15) is 0 Å². The van der Waals surface area contributed by atoms with Crippen molar-refractivity contribution in [2.75, 3.05) is 6.61 Å². The molecule has 0 fully saturated rings. The summed E-state index contributed by atoms with van der Waals surface area (Å²) in [6, 6.07) is 0.0400. The Balaban J connectivity index is 2.55. The van der Waals surface area contributed by atoms with E-state index in [9.17, 15) is 4.79 Å². The molecule has 1 aliphatic rings. The molecule has 0 saturated carbocycles. The molecule has 0 amide bonds. The zero-order valence-electron chi connectivity index (χ0n) is 7.38. The molecule has 1 atom stereocenters. The first kappa shape index (κ1) is 9.26. The van der Waals surface area contributed by atoms with Gasteiger partial charge in [-0.25, -0.2) is 4.79 Å². The predicted octanol–water partition coefficient (Wildman–Crippen LogP) is 0.987. The normalized spacial score (nSPS) is 23.2. The molecule has 1 aliphatic carbocycles. The van der Waals surface area contributed by atoms with Gasteiger partial charge in [0.2, 0.25) is 0 Å². The van der Waals surface area contributed by atoms with Crippen molar-refractivity contribution in [3.8, 4) is 0 Å². The number of rotatable bonds is 2. The Bertz CT molecular complexity index is 199. The molecule has 3 heteroatoms. The monoisotopic (exact) mass is 169 g/mol. The number of ether oxygens (including phenoxy) is 1. The van der Waals surface area contributed by atoms with Gasteiger partial charge in [0.25, 0.3) is 0 Å². The largest absolute Gasteiger partial charge is 0.463 e. The van der Waals surface area contributed by atoms with Gasteiger partial charge in [-0.2, -0.15) is 0 Å². The van der Waals surface area contributed by atoms with Crippen LogP contribution in [-0.4, -0.2) is 18.6 Å². The summed E-state index contributed by atoms with van der Waals surface area (Å²) in [5.74, 6) is -0.201. The van der Waals surface area contributed by atoms with Crippen LogP contribution in [0, 0.1) is 0 Å². The standard InChI is InChI=1S/C9H15NO2/c1-2-12-9(11)7-4-3-5-8(10)6-7/h6,8H,2-5,10H2,1H3/t8-/m0/s1. The van der Waals surface area contributed by atoms with E-state index in [1.165, 1.54) is 0 Å². The van der Waals surface area contributed by atoms with Crippen molar-refractivity contribution < 1.29 is 9.53 Å². The fraction of sp³-hybridized carbons (Fsp3) is 0.667. The van der Waals surface area contributed by atoms with Crippen molar-refractivity contribution in [2.45, 2.75) is 32.2 Å². The lowest BCUT2D eigenvalue weighted by molar-refractivity contribution is -0.138. The molecular weight excluding hydrogens is 154 g/mol. The van der Waals surface area contributed by atoms with Crippen LogP contribution >= 0.6 is 0 Å². The van der Waals surface area contributed by atoms with Crippen LogP contribution in [0.1, 0.15) is 26.2 Å². The smallest absolute Gasteiger partial charge is 0.333 e. The van der Waals surface area contributed by atoms with E-state index < -0.39 is 0 Å². The quantitative estimate of drug-likeness (QED) is 0.627. The van der Waals surface area contributed by atoms with Crippen LogP contribution in [0.3, 0.4) is 0 Å². The number of carbonyl (C=O) groups excluding carboxylic acids is 1. The number of hydrogen-bond donors (Lipinski definition) is 1. The Morgan fingerprint density at radius 3 is 3.17 bits per heavy atom. The zero-order chi connectivity index (χ0) is 8.97.